The molecule has 16 heteroatoms. The summed E-state index contributed by atoms with van der Waals surface area (Å²) in [6.45, 7) is 24.7. The molecular weight excluding hydrogens is 1010 g/mol. The lowest BCUT2D eigenvalue weighted by molar-refractivity contribution is -0.157. The quantitative estimate of drug-likeness (QED) is 0.0263. The fraction of sp³-hybridized carbons (Fsp3) is 0.576. The van der Waals surface area contributed by atoms with Crippen LogP contribution in [0.1, 0.15) is 167 Å². The van der Waals surface area contributed by atoms with E-state index in [1.54, 1.807) is 43.4 Å². The first-order valence-corrected chi connectivity index (χ1v) is 30.9. The minimum absolute atomic E-state index is 0.0147. The van der Waals surface area contributed by atoms with E-state index in [1.807, 2.05) is 25.1 Å². The number of hydrogen-bond donors (Lipinski definition) is 0. The first-order valence-electron chi connectivity index (χ1n) is 26.8. The van der Waals surface area contributed by atoms with Crippen LogP contribution in [0.25, 0.3) is 10.2 Å². The van der Waals surface area contributed by atoms with Gasteiger partial charge in [-0.05, 0) is 126 Å². The molecule has 0 bridgehead atoms. The van der Waals surface area contributed by atoms with Gasteiger partial charge in [0.25, 0.3) is 11.8 Å². The molecule has 0 spiro atoms. The summed E-state index contributed by atoms with van der Waals surface area (Å²) in [5, 5.41) is 0.940. The Balaban J connectivity index is 1.26. The zero-order valence-electron chi connectivity index (χ0n) is 46.1. The maximum absolute atomic E-state index is 15.3. The number of thiazole rings is 1. The predicted octanol–water partition coefficient (Wildman–Crippen LogP) is 14.6. The van der Waals surface area contributed by atoms with Crippen molar-refractivity contribution >= 4 is 77.2 Å². The Kier molecular flexibility index (Phi) is 22.6. The molecule has 5 atom stereocenters. The molecule has 3 heterocycles. The van der Waals surface area contributed by atoms with E-state index in [9.17, 15) is 24.0 Å². The second kappa shape index (κ2) is 27.9. The molecule has 0 saturated heterocycles. The van der Waals surface area contributed by atoms with Crippen molar-refractivity contribution in [3.63, 3.8) is 0 Å². The Bertz CT molecular complexity index is 2540. The van der Waals surface area contributed by atoms with Gasteiger partial charge in [-0.3, -0.25) is 28.9 Å². The van der Waals surface area contributed by atoms with Crippen molar-refractivity contribution < 1.29 is 52.1 Å². The van der Waals surface area contributed by atoms with Gasteiger partial charge >= 0.3 is 18.1 Å². The van der Waals surface area contributed by atoms with Crippen LogP contribution in [0, 0.1) is 24.2 Å². The highest BCUT2D eigenvalue weighted by molar-refractivity contribution is 7.18. The standard InChI is InChI=1S/C59H81ClN2O11SSi/c1-12-22-44-55(73-75(10,11)58(5,6)7)40(3)24-21-23-39(2)26-29-47(43-28-31-49-46(36-43)61-41(4)74-49)70-54(66)37-50(59(8,9)56(44)67)72-57(68)69-38-42-27-30-48(45(60)35-42)71-53(65)25-19-17-15-13-14-16-18-20-34-62-51(63)32-33-52(62)64/h12,26-28,30-33,35-36,40,44,47,50,55H,1,13-25,29,34,37-38H2,2-11H3/b39-26+/t40-,44+,47-,50-,55-/m0/s1. The van der Waals surface area contributed by atoms with Gasteiger partial charge < -0.3 is 23.4 Å². The number of unbranched alkanes of at least 4 members (excludes halogenated alkanes) is 7. The number of Topliss-reactive ketones (excluding diaryl/α,β-unsaturated/α-hetero) is 1. The lowest BCUT2D eigenvalue weighted by Gasteiger charge is -2.45. The van der Waals surface area contributed by atoms with E-state index in [0.29, 0.717) is 31.4 Å². The Morgan fingerprint density at radius 3 is 2.28 bits per heavy atom. The summed E-state index contributed by atoms with van der Waals surface area (Å²) >= 11 is 8.16. The molecule has 2 aromatic carbocycles. The molecule has 410 valence electrons. The lowest BCUT2D eigenvalue weighted by atomic mass is 9.71. The van der Waals surface area contributed by atoms with E-state index >= 15 is 4.79 Å². The number of cyclic esters (lactones) is 1. The SMILES string of the molecule is C=CC[C@H]1C(=O)C(C)(C)[C@@H](OC(=O)OCc2ccc(OC(=O)CCCCCCCCCCN3C(=O)C=CC3=O)c(Cl)c2)CC(=O)O[C@H](c2ccc3sc(C)nc3c2)C/C=C(\C)CCC[C@H](C)[C@@H]1O[Si](C)(C)C(C)(C)C. The minimum atomic E-state index is -2.44. The fourth-order valence-electron chi connectivity index (χ4n) is 9.34. The van der Waals surface area contributed by atoms with E-state index in [0.717, 1.165) is 90.6 Å². The normalized spacial score (nSPS) is 21.9. The maximum atomic E-state index is 15.3. The van der Waals surface area contributed by atoms with Crippen molar-refractivity contribution in [2.45, 2.75) is 195 Å². The number of aromatic nitrogens is 1. The molecule has 75 heavy (non-hydrogen) atoms. The summed E-state index contributed by atoms with van der Waals surface area (Å²) in [6, 6.07) is 10.6. The van der Waals surface area contributed by atoms with Crippen LogP contribution >= 0.6 is 22.9 Å². The van der Waals surface area contributed by atoms with Gasteiger partial charge in [0.15, 0.2) is 8.32 Å². The Morgan fingerprint density at radius 2 is 1.63 bits per heavy atom. The van der Waals surface area contributed by atoms with Crippen molar-refractivity contribution in [2.24, 2.45) is 17.3 Å². The average Bonchev–Trinajstić information content (AvgIpc) is 3.88. The summed E-state index contributed by atoms with van der Waals surface area (Å²) in [4.78, 5) is 85.6. The van der Waals surface area contributed by atoms with E-state index < -0.39 is 62.5 Å². The number of allylic oxidation sites excluding steroid dienone is 2. The Morgan fingerprint density at radius 1 is 0.960 bits per heavy atom. The van der Waals surface area contributed by atoms with E-state index in [4.69, 9.17) is 35.0 Å². The molecule has 2 amide bonds. The van der Waals surface area contributed by atoms with Crippen molar-refractivity contribution in [1.29, 1.82) is 0 Å². The minimum Gasteiger partial charge on any atom is -0.457 e. The van der Waals surface area contributed by atoms with Crippen molar-refractivity contribution in [1.82, 2.24) is 9.88 Å². The molecule has 0 unspecified atom stereocenters. The second-order valence-corrected chi connectivity index (χ2v) is 28.9. The summed E-state index contributed by atoms with van der Waals surface area (Å²) < 4.78 is 31.8. The molecule has 2 aliphatic rings. The number of carbonyl (C=O) groups excluding carboxylic acids is 6. The summed E-state index contributed by atoms with van der Waals surface area (Å²) in [5.41, 5.74) is 1.81. The number of hydrogen-bond acceptors (Lipinski definition) is 13. The number of halogens is 1. The largest absolute Gasteiger partial charge is 0.508 e. The average molecular weight is 1090 g/mol. The molecule has 2 aliphatic heterocycles. The van der Waals surface area contributed by atoms with Gasteiger partial charge in [-0.25, -0.2) is 9.78 Å². The van der Waals surface area contributed by atoms with Gasteiger partial charge in [0.1, 0.15) is 30.3 Å². The summed E-state index contributed by atoms with van der Waals surface area (Å²) in [7, 11) is -2.44. The first kappa shape index (κ1) is 60.9. The number of imide groups is 1. The Labute approximate surface area is 455 Å². The number of carbonyl (C=O) groups is 6. The highest BCUT2D eigenvalue weighted by Gasteiger charge is 2.49. The summed E-state index contributed by atoms with van der Waals surface area (Å²) in [6.07, 6.45) is 13.3. The number of nitrogens with zero attached hydrogens (tertiary/aromatic N) is 2. The molecule has 3 aromatic rings. The molecule has 0 N–H and O–H groups in total. The molecular formula is C59H81ClN2O11SSi. The van der Waals surface area contributed by atoms with Gasteiger partial charge in [0.2, 0.25) is 0 Å². The summed E-state index contributed by atoms with van der Waals surface area (Å²) in [5.74, 6) is -2.28. The van der Waals surface area contributed by atoms with Crippen molar-refractivity contribution in [3.8, 4) is 5.75 Å². The van der Waals surface area contributed by atoms with Gasteiger partial charge in [-0.2, -0.15) is 0 Å². The number of fused-ring (bicyclic) bond motifs is 1. The molecule has 13 nitrogen and oxygen atoms in total. The Hall–Kier alpha value is -4.96. The molecule has 1 aromatic heterocycles. The van der Waals surface area contributed by atoms with Crippen LogP contribution in [0.4, 0.5) is 4.79 Å². The molecule has 0 saturated carbocycles. The van der Waals surface area contributed by atoms with Gasteiger partial charge in [0, 0.05) is 37.5 Å². The number of ether oxygens (including phenoxy) is 4. The van der Waals surface area contributed by atoms with Crippen LogP contribution in [-0.4, -0.2) is 72.6 Å². The van der Waals surface area contributed by atoms with Crippen LogP contribution in [0.2, 0.25) is 23.2 Å². The monoisotopic (exact) mass is 1090 g/mol. The topological polar surface area (TPSA) is 165 Å². The predicted molar refractivity (Wildman–Crippen MR) is 298 cm³/mol. The number of benzene rings is 2. The molecule has 0 radical (unpaired) electrons. The third kappa shape index (κ3) is 17.8. The smallest absolute Gasteiger partial charge is 0.457 e. The highest BCUT2D eigenvalue weighted by atomic mass is 35.5. The van der Waals surface area contributed by atoms with Crippen molar-refractivity contribution in [3.05, 3.63) is 94.0 Å². The van der Waals surface area contributed by atoms with Gasteiger partial charge in [0.05, 0.1) is 38.2 Å². The van der Waals surface area contributed by atoms with Crippen molar-refractivity contribution in [2.75, 3.05) is 6.54 Å². The van der Waals surface area contributed by atoms with Gasteiger partial charge in [-0.15, -0.1) is 17.9 Å². The highest BCUT2D eigenvalue weighted by Crippen LogP contribution is 2.43. The van der Waals surface area contributed by atoms with Crippen LogP contribution < -0.4 is 4.74 Å². The van der Waals surface area contributed by atoms with Crippen LogP contribution in [-0.2, 0) is 49.2 Å². The van der Waals surface area contributed by atoms with Crippen LogP contribution in [0.15, 0.2) is 72.9 Å². The van der Waals surface area contributed by atoms with Gasteiger partial charge in [-0.1, -0.05) is 108 Å². The zero-order valence-corrected chi connectivity index (χ0v) is 48.6. The first-order chi connectivity index (χ1) is 35.4. The second-order valence-electron chi connectivity index (χ2n) is 22.5. The zero-order chi connectivity index (χ0) is 55.1. The fourth-order valence-corrected chi connectivity index (χ4v) is 11.8. The number of ketones is 1. The van der Waals surface area contributed by atoms with Crippen LogP contribution in [0.3, 0.4) is 0 Å². The molecule has 5 rings (SSSR count). The third-order valence-corrected chi connectivity index (χ3v) is 20.8. The number of esters is 2. The lowest BCUT2D eigenvalue weighted by Crippen LogP contribution is -2.52. The van der Waals surface area contributed by atoms with E-state index in [2.05, 4.69) is 65.4 Å². The number of rotatable bonds is 20. The third-order valence-electron chi connectivity index (χ3n) is 15.0. The number of amides is 2. The van der Waals surface area contributed by atoms with E-state index in [-0.39, 0.29) is 52.4 Å². The molecule has 0 aliphatic carbocycles. The van der Waals surface area contributed by atoms with E-state index in [1.165, 1.54) is 23.1 Å². The maximum Gasteiger partial charge on any atom is 0.508 e. The number of aryl methyl sites for hydroxylation is 1. The van der Waals surface area contributed by atoms with Crippen LogP contribution in [0.5, 0.6) is 5.75 Å². The molecule has 0 fully saturated rings.